The van der Waals surface area contributed by atoms with Crippen molar-refractivity contribution in [1.29, 1.82) is 0 Å². The second kappa shape index (κ2) is 4.14. The van der Waals surface area contributed by atoms with Gasteiger partial charge >= 0.3 is 0 Å². The number of nitrogen functional groups attached to an aromatic ring is 1. The molecular weight excluding hydrogens is 188 g/mol. The van der Waals surface area contributed by atoms with Crippen LogP contribution >= 0.6 is 0 Å². The van der Waals surface area contributed by atoms with Gasteiger partial charge in [0, 0.05) is 18.2 Å². The van der Waals surface area contributed by atoms with Crippen molar-refractivity contribution in [2.75, 3.05) is 25.9 Å². The topological polar surface area (TPSA) is 55.0 Å². The van der Waals surface area contributed by atoms with Gasteiger partial charge in [0.25, 0.3) is 0 Å². The summed E-state index contributed by atoms with van der Waals surface area (Å²) in [5, 5.41) is 0. The lowest BCUT2D eigenvalue weighted by molar-refractivity contribution is 0.248. The van der Waals surface area contributed by atoms with Crippen molar-refractivity contribution in [1.82, 2.24) is 14.9 Å². The van der Waals surface area contributed by atoms with Crippen molar-refractivity contribution in [2.24, 2.45) is 0 Å². The van der Waals surface area contributed by atoms with Crippen LogP contribution in [-0.2, 0) is 0 Å². The molecule has 4 nitrogen and oxygen atoms in total. The Labute approximate surface area is 90.5 Å². The number of rotatable bonds is 1. The quantitative estimate of drug-likeness (QED) is 0.749. The van der Waals surface area contributed by atoms with Gasteiger partial charge in [-0.1, -0.05) is 0 Å². The molecule has 1 aliphatic heterocycles. The second-order valence-corrected chi connectivity index (χ2v) is 4.39. The van der Waals surface area contributed by atoms with Crippen LogP contribution in [0.3, 0.4) is 0 Å². The largest absolute Gasteiger partial charge is 0.368 e. The Morgan fingerprint density at radius 3 is 2.93 bits per heavy atom. The van der Waals surface area contributed by atoms with Crippen LogP contribution in [0.25, 0.3) is 0 Å². The van der Waals surface area contributed by atoms with E-state index >= 15 is 0 Å². The molecule has 2 heterocycles. The van der Waals surface area contributed by atoms with Crippen LogP contribution in [0.1, 0.15) is 30.1 Å². The van der Waals surface area contributed by atoms with E-state index < -0.39 is 0 Å². The molecule has 1 aromatic rings. The van der Waals surface area contributed by atoms with Crippen molar-refractivity contribution in [2.45, 2.75) is 25.7 Å². The van der Waals surface area contributed by atoms with Crippen LogP contribution in [0, 0.1) is 6.92 Å². The Morgan fingerprint density at radius 1 is 1.47 bits per heavy atom. The summed E-state index contributed by atoms with van der Waals surface area (Å²) in [6.45, 7) is 4.24. The maximum absolute atomic E-state index is 5.66. The van der Waals surface area contributed by atoms with Gasteiger partial charge < -0.3 is 10.6 Å². The third kappa shape index (κ3) is 2.45. The van der Waals surface area contributed by atoms with Crippen molar-refractivity contribution >= 4 is 5.95 Å². The van der Waals surface area contributed by atoms with Crippen molar-refractivity contribution in [3.05, 3.63) is 17.5 Å². The number of likely N-dealkylation sites (tertiary alicyclic amines) is 1. The highest BCUT2D eigenvalue weighted by atomic mass is 15.1. The van der Waals surface area contributed by atoms with Gasteiger partial charge in [0.05, 0.1) is 5.69 Å². The van der Waals surface area contributed by atoms with Crippen molar-refractivity contribution in [3.8, 4) is 0 Å². The summed E-state index contributed by atoms with van der Waals surface area (Å²) in [6, 6.07) is 2.06. The molecule has 1 fully saturated rings. The second-order valence-electron chi connectivity index (χ2n) is 4.39. The Morgan fingerprint density at radius 2 is 2.27 bits per heavy atom. The number of aromatic nitrogens is 2. The Hall–Kier alpha value is -1.16. The third-order valence-electron chi connectivity index (χ3n) is 2.93. The maximum atomic E-state index is 5.66. The van der Waals surface area contributed by atoms with Crippen molar-refractivity contribution < 1.29 is 0 Å². The molecule has 1 atom stereocenters. The first-order chi connectivity index (χ1) is 7.15. The summed E-state index contributed by atoms with van der Waals surface area (Å²) in [5.74, 6) is 0.922. The van der Waals surface area contributed by atoms with Crippen LogP contribution < -0.4 is 5.73 Å². The molecule has 0 radical (unpaired) electrons. The van der Waals surface area contributed by atoms with E-state index in [9.17, 15) is 0 Å². The molecule has 0 saturated carbocycles. The first-order valence-corrected chi connectivity index (χ1v) is 5.45. The standard InChI is InChI=1S/C11H18N4/c1-8-6-10(14-11(12)13-8)9-4-3-5-15(2)7-9/h6,9H,3-5,7H2,1-2H3,(H2,12,13,14). The van der Waals surface area contributed by atoms with Gasteiger partial charge in [-0.3, -0.25) is 0 Å². The molecule has 0 amide bonds. The predicted molar refractivity (Wildman–Crippen MR) is 60.7 cm³/mol. The molecule has 4 heteroatoms. The zero-order valence-electron chi connectivity index (χ0n) is 9.40. The van der Waals surface area contributed by atoms with Crippen molar-refractivity contribution in [3.63, 3.8) is 0 Å². The number of likely N-dealkylation sites (N-methyl/N-ethyl adjacent to an activating group) is 1. The summed E-state index contributed by atoms with van der Waals surface area (Å²) in [6.07, 6.45) is 2.45. The average Bonchev–Trinajstić information content (AvgIpc) is 2.16. The summed E-state index contributed by atoms with van der Waals surface area (Å²) >= 11 is 0. The first kappa shape index (κ1) is 10.4. The van der Waals surface area contributed by atoms with Crippen LogP contribution in [0.4, 0.5) is 5.95 Å². The summed E-state index contributed by atoms with van der Waals surface area (Å²) in [5.41, 5.74) is 7.73. The zero-order chi connectivity index (χ0) is 10.8. The van der Waals surface area contributed by atoms with Gasteiger partial charge in [-0.25, -0.2) is 9.97 Å². The fourth-order valence-corrected chi connectivity index (χ4v) is 2.23. The number of hydrogen-bond donors (Lipinski definition) is 1. The fraction of sp³-hybridized carbons (Fsp3) is 0.636. The van der Waals surface area contributed by atoms with E-state index in [1.807, 2.05) is 6.92 Å². The monoisotopic (exact) mass is 206 g/mol. The van der Waals surface area contributed by atoms with E-state index in [2.05, 4.69) is 28.0 Å². The van der Waals surface area contributed by atoms with Gasteiger partial charge in [0.15, 0.2) is 0 Å². The van der Waals surface area contributed by atoms with Gasteiger partial charge in [-0.05, 0) is 39.4 Å². The Kier molecular flexibility index (Phi) is 2.86. The molecular formula is C11H18N4. The van der Waals surface area contributed by atoms with Gasteiger partial charge in [0.1, 0.15) is 0 Å². The normalized spacial score (nSPS) is 22.9. The molecule has 0 aliphatic carbocycles. The SMILES string of the molecule is Cc1cc(C2CCCN(C)C2)nc(N)n1. The molecule has 1 saturated heterocycles. The van der Waals surface area contributed by atoms with Gasteiger partial charge in [-0.2, -0.15) is 0 Å². The van der Waals surface area contributed by atoms with E-state index in [1.54, 1.807) is 0 Å². The number of nitrogens with zero attached hydrogens (tertiary/aromatic N) is 3. The molecule has 0 aromatic carbocycles. The smallest absolute Gasteiger partial charge is 0.220 e. The number of nitrogens with two attached hydrogens (primary N) is 1. The lowest BCUT2D eigenvalue weighted by Gasteiger charge is -2.29. The molecule has 1 unspecified atom stereocenters. The van der Waals surface area contributed by atoms with Crippen LogP contribution in [0.5, 0.6) is 0 Å². The predicted octanol–water partition coefficient (Wildman–Crippen LogP) is 1.18. The molecule has 2 N–H and O–H groups in total. The Bertz CT molecular complexity index is 330. The molecule has 1 aromatic heterocycles. The Balaban J connectivity index is 2.20. The van der Waals surface area contributed by atoms with E-state index in [0.29, 0.717) is 11.9 Å². The maximum Gasteiger partial charge on any atom is 0.220 e. The lowest BCUT2D eigenvalue weighted by Crippen LogP contribution is -2.31. The number of aryl methyl sites for hydroxylation is 1. The molecule has 0 spiro atoms. The van der Waals surface area contributed by atoms with E-state index in [4.69, 9.17) is 5.73 Å². The summed E-state index contributed by atoms with van der Waals surface area (Å²) < 4.78 is 0. The molecule has 1 aliphatic rings. The van der Waals surface area contributed by atoms with Crippen LogP contribution in [0.15, 0.2) is 6.07 Å². The average molecular weight is 206 g/mol. The molecule has 15 heavy (non-hydrogen) atoms. The van der Waals surface area contributed by atoms with E-state index in [1.165, 1.54) is 19.4 Å². The van der Waals surface area contributed by atoms with Crippen LogP contribution in [-0.4, -0.2) is 35.0 Å². The fourth-order valence-electron chi connectivity index (χ4n) is 2.23. The molecule has 82 valence electrons. The van der Waals surface area contributed by atoms with Crippen LogP contribution in [0.2, 0.25) is 0 Å². The highest BCUT2D eigenvalue weighted by Gasteiger charge is 2.20. The molecule has 0 bridgehead atoms. The third-order valence-corrected chi connectivity index (χ3v) is 2.93. The number of piperidine rings is 1. The summed E-state index contributed by atoms with van der Waals surface area (Å²) in [4.78, 5) is 10.8. The van der Waals surface area contributed by atoms with E-state index in [0.717, 1.165) is 17.9 Å². The van der Waals surface area contributed by atoms with Gasteiger partial charge in [-0.15, -0.1) is 0 Å². The minimum atomic E-state index is 0.401. The van der Waals surface area contributed by atoms with E-state index in [-0.39, 0.29) is 0 Å². The lowest BCUT2D eigenvalue weighted by atomic mass is 9.94. The summed E-state index contributed by atoms with van der Waals surface area (Å²) in [7, 11) is 2.16. The minimum Gasteiger partial charge on any atom is -0.368 e. The highest BCUT2D eigenvalue weighted by Crippen LogP contribution is 2.25. The number of hydrogen-bond acceptors (Lipinski definition) is 4. The van der Waals surface area contributed by atoms with Gasteiger partial charge in [0.2, 0.25) is 5.95 Å². The molecule has 2 rings (SSSR count). The highest BCUT2D eigenvalue weighted by molar-refractivity contribution is 5.24. The minimum absolute atomic E-state index is 0.401. The zero-order valence-corrected chi connectivity index (χ0v) is 9.40. The number of anilines is 1. The first-order valence-electron chi connectivity index (χ1n) is 5.45.